The largest absolute Gasteiger partial charge is 0.465 e. The zero-order valence-electron chi connectivity index (χ0n) is 9.06. The minimum atomic E-state index is -0.473. The van der Waals surface area contributed by atoms with E-state index in [9.17, 15) is 9.90 Å². The molecule has 0 unspecified atom stereocenters. The molecule has 0 radical (unpaired) electrons. The van der Waals surface area contributed by atoms with Gasteiger partial charge in [0.1, 0.15) is 0 Å². The predicted octanol–water partition coefficient (Wildman–Crippen LogP) is 2.74. The van der Waals surface area contributed by atoms with Gasteiger partial charge in [0.2, 0.25) is 0 Å². The summed E-state index contributed by atoms with van der Waals surface area (Å²) in [4.78, 5) is 12.2. The van der Waals surface area contributed by atoms with Crippen LogP contribution in [0.5, 0.6) is 0 Å². The lowest BCUT2D eigenvalue weighted by Crippen LogP contribution is -1.99. The Morgan fingerprint density at radius 3 is 2.81 bits per heavy atom. The molecule has 0 saturated heterocycles. The molecule has 1 heterocycles. The average molecular weight is 236 g/mol. The van der Waals surface area contributed by atoms with Crippen LogP contribution >= 0.6 is 11.3 Å². The molecule has 1 atom stereocenters. The number of thiophene rings is 1. The van der Waals surface area contributed by atoms with Crippen molar-refractivity contribution in [3.63, 3.8) is 0 Å². The number of esters is 1. The highest BCUT2D eigenvalue weighted by Gasteiger charge is 2.10. The van der Waals surface area contributed by atoms with Gasteiger partial charge in [0.05, 0.1) is 18.8 Å². The monoisotopic (exact) mass is 236 g/mol. The van der Waals surface area contributed by atoms with E-state index in [1.165, 1.54) is 18.4 Å². The summed E-state index contributed by atoms with van der Waals surface area (Å²) in [6.45, 7) is 1.73. The van der Waals surface area contributed by atoms with Crippen LogP contribution in [0.25, 0.3) is 10.1 Å². The molecule has 3 nitrogen and oxygen atoms in total. The lowest BCUT2D eigenvalue weighted by atomic mass is 10.1. The van der Waals surface area contributed by atoms with Crippen molar-refractivity contribution < 1.29 is 14.6 Å². The fraction of sp³-hybridized carbons (Fsp3) is 0.250. The van der Waals surface area contributed by atoms with Gasteiger partial charge in [-0.25, -0.2) is 4.79 Å². The van der Waals surface area contributed by atoms with Gasteiger partial charge < -0.3 is 9.84 Å². The molecule has 0 aliphatic heterocycles. The molecule has 0 aliphatic rings. The summed E-state index contributed by atoms with van der Waals surface area (Å²) in [5.41, 5.74) is 0.536. The number of methoxy groups -OCH3 is 1. The summed E-state index contributed by atoms with van der Waals surface area (Å²) in [5, 5.41) is 10.5. The molecular weight excluding hydrogens is 224 g/mol. The number of rotatable bonds is 2. The van der Waals surface area contributed by atoms with Gasteiger partial charge in [-0.1, -0.05) is 6.07 Å². The molecule has 1 N–H and O–H groups in total. The van der Waals surface area contributed by atoms with Crippen LogP contribution in [0.15, 0.2) is 24.3 Å². The van der Waals surface area contributed by atoms with Gasteiger partial charge in [-0.05, 0) is 30.5 Å². The van der Waals surface area contributed by atoms with Gasteiger partial charge in [0.15, 0.2) is 0 Å². The van der Waals surface area contributed by atoms with Gasteiger partial charge in [0, 0.05) is 9.58 Å². The SMILES string of the molecule is COC(=O)c1ccc2cc([C@@H](C)O)sc2c1. The summed E-state index contributed by atoms with van der Waals surface area (Å²) >= 11 is 1.49. The molecule has 2 aromatic rings. The summed E-state index contributed by atoms with van der Waals surface area (Å²) in [6.07, 6.45) is -0.473. The quantitative estimate of drug-likeness (QED) is 0.815. The second-order valence-electron chi connectivity index (χ2n) is 3.57. The highest BCUT2D eigenvalue weighted by atomic mass is 32.1. The summed E-state index contributed by atoms with van der Waals surface area (Å²) in [7, 11) is 1.36. The Bertz CT molecular complexity index is 528. The molecule has 4 heteroatoms. The van der Waals surface area contributed by atoms with Crippen molar-refractivity contribution in [1.82, 2.24) is 0 Å². The summed E-state index contributed by atoms with van der Waals surface area (Å²) in [6, 6.07) is 7.32. The van der Waals surface area contributed by atoms with Gasteiger partial charge in [-0.3, -0.25) is 0 Å². The van der Waals surface area contributed by atoms with Crippen molar-refractivity contribution in [3.8, 4) is 0 Å². The second kappa shape index (κ2) is 4.23. The maximum absolute atomic E-state index is 11.3. The number of aliphatic hydroxyl groups is 1. The lowest BCUT2D eigenvalue weighted by molar-refractivity contribution is 0.0601. The van der Waals surface area contributed by atoms with E-state index in [-0.39, 0.29) is 5.97 Å². The number of hydrogen-bond donors (Lipinski definition) is 1. The topological polar surface area (TPSA) is 46.5 Å². The van der Waals surface area contributed by atoms with Crippen LogP contribution in [0.3, 0.4) is 0 Å². The first kappa shape index (κ1) is 11.1. The summed E-state index contributed by atoms with van der Waals surface area (Å²) < 4.78 is 5.64. The smallest absolute Gasteiger partial charge is 0.337 e. The zero-order chi connectivity index (χ0) is 11.7. The van der Waals surface area contributed by atoms with E-state index in [0.717, 1.165) is 15.0 Å². The fourth-order valence-electron chi connectivity index (χ4n) is 1.50. The lowest BCUT2D eigenvalue weighted by Gasteiger charge is -1.98. The number of hydrogen-bond acceptors (Lipinski definition) is 4. The Morgan fingerprint density at radius 1 is 1.44 bits per heavy atom. The fourth-order valence-corrected chi connectivity index (χ4v) is 2.54. The molecule has 16 heavy (non-hydrogen) atoms. The third-order valence-corrected chi connectivity index (χ3v) is 3.64. The van der Waals surface area contributed by atoms with Crippen molar-refractivity contribution in [1.29, 1.82) is 0 Å². The van der Waals surface area contributed by atoms with E-state index in [0.29, 0.717) is 5.56 Å². The molecule has 0 saturated carbocycles. The standard InChI is InChI=1S/C12H12O3S/c1-7(13)10-5-8-3-4-9(12(14)15-2)6-11(8)16-10/h3-7,13H,1-2H3/t7-/m1/s1. The molecule has 0 bridgehead atoms. The highest BCUT2D eigenvalue weighted by Crippen LogP contribution is 2.30. The first-order chi connectivity index (χ1) is 7.61. The van der Waals surface area contributed by atoms with Gasteiger partial charge in [0.25, 0.3) is 0 Å². The van der Waals surface area contributed by atoms with Crippen LogP contribution in [0.1, 0.15) is 28.3 Å². The minimum Gasteiger partial charge on any atom is -0.465 e. The van der Waals surface area contributed by atoms with E-state index in [1.807, 2.05) is 12.1 Å². The summed E-state index contributed by atoms with van der Waals surface area (Å²) in [5.74, 6) is -0.339. The third kappa shape index (κ3) is 1.94. The number of aliphatic hydroxyl groups excluding tert-OH is 1. The van der Waals surface area contributed by atoms with Crippen LogP contribution in [0.2, 0.25) is 0 Å². The van der Waals surface area contributed by atoms with Gasteiger partial charge >= 0.3 is 5.97 Å². The maximum Gasteiger partial charge on any atom is 0.337 e. The van der Waals surface area contributed by atoms with E-state index >= 15 is 0 Å². The van der Waals surface area contributed by atoms with Crippen molar-refractivity contribution in [2.24, 2.45) is 0 Å². The van der Waals surface area contributed by atoms with Crippen LogP contribution in [0, 0.1) is 0 Å². The van der Waals surface area contributed by atoms with Crippen molar-refractivity contribution >= 4 is 27.4 Å². The Morgan fingerprint density at radius 2 is 2.19 bits per heavy atom. The Hall–Kier alpha value is -1.39. The van der Waals surface area contributed by atoms with Crippen molar-refractivity contribution in [3.05, 3.63) is 34.7 Å². The number of carbonyl (C=O) groups is 1. The van der Waals surface area contributed by atoms with E-state index in [1.54, 1.807) is 19.1 Å². The van der Waals surface area contributed by atoms with Crippen LogP contribution in [-0.2, 0) is 4.74 Å². The molecule has 0 spiro atoms. The molecule has 1 aromatic carbocycles. The van der Waals surface area contributed by atoms with Gasteiger partial charge in [-0.15, -0.1) is 11.3 Å². The second-order valence-corrected chi connectivity index (χ2v) is 4.68. The first-order valence-electron chi connectivity index (χ1n) is 4.91. The van der Waals surface area contributed by atoms with E-state index in [2.05, 4.69) is 4.74 Å². The van der Waals surface area contributed by atoms with Crippen LogP contribution in [0.4, 0.5) is 0 Å². The Balaban J connectivity index is 2.49. The Kier molecular flexibility index (Phi) is 2.94. The maximum atomic E-state index is 11.3. The highest BCUT2D eigenvalue weighted by molar-refractivity contribution is 7.19. The number of fused-ring (bicyclic) bond motifs is 1. The molecular formula is C12H12O3S. The minimum absolute atomic E-state index is 0.339. The van der Waals surface area contributed by atoms with E-state index < -0.39 is 6.10 Å². The van der Waals surface area contributed by atoms with Gasteiger partial charge in [-0.2, -0.15) is 0 Å². The molecule has 2 rings (SSSR count). The number of ether oxygens (including phenoxy) is 1. The van der Waals surface area contributed by atoms with Crippen molar-refractivity contribution in [2.75, 3.05) is 7.11 Å². The van der Waals surface area contributed by atoms with E-state index in [4.69, 9.17) is 0 Å². The molecule has 0 fully saturated rings. The van der Waals surface area contributed by atoms with Crippen LogP contribution < -0.4 is 0 Å². The molecule has 0 aliphatic carbocycles. The first-order valence-corrected chi connectivity index (χ1v) is 5.73. The molecule has 1 aromatic heterocycles. The van der Waals surface area contributed by atoms with Crippen LogP contribution in [-0.4, -0.2) is 18.2 Å². The number of benzene rings is 1. The van der Waals surface area contributed by atoms with Crippen molar-refractivity contribution in [2.45, 2.75) is 13.0 Å². The predicted molar refractivity (Wildman–Crippen MR) is 63.8 cm³/mol. The normalized spacial score (nSPS) is 12.7. The Labute approximate surface area is 97.3 Å². The molecule has 84 valence electrons. The average Bonchev–Trinajstić information content (AvgIpc) is 2.70. The third-order valence-electron chi connectivity index (χ3n) is 2.37. The molecule has 0 amide bonds. The zero-order valence-corrected chi connectivity index (χ0v) is 9.88. The number of carbonyl (C=O) groups excluding carboxylic acids is 1.